The largest absolute Gasteiger partial charge is 0.334 e. The second-order valence-corrected chi connectivity index (χ2v) is 5.92. The lowest BCUT2D eigenvalue weighted by molar-refractivity contribution is 0.0740. The zero-order valence-electron chi connectivity index (χ0n) is 9.33. The topological polar surface area (TPSA) is 46.3 Å². The number of carbonyl (C=O) groups excluding carboxylic acids is 1. The summed E-state index contributed by atoms with van der Waals surface area (Å²) in [6, 6.07) is 5.82. The van der Waals surface area contributed by atoms with Gasteiger partial charge >= 0.3 is 0 Å². The van der Waals surface area contributed by atoms with Gasteiger partial charge in [0.25, 0.3) is 5.91 Å². The maximum atomic E-state index is 12.4. The van der Waals surface area contributed by atoms with Crippen molar-refractivity contribution in [2.75, 3.05) is 13.1 Å². The first-order valence-corrected chi connectivity index (χ1v) is 7.18. The third-order valence-electron chi connectivity index (χ3n) is 3.07. The van der Waals surface area contributed by atoms with Gasteiger partial charge in [-0.3, -0.25) is 4.79 Å². The normalized spacial score (nSPS) is 19.7. The average molecular weight is 362 g/mol. The SMILES string of the molecule is NCC1CCCN1C(=O)c1cc(Br)ccc1Br. The molecule has 1 fully saturated rings. The highest BCUT2D eigenvalue weighted by Gasteiger charge is 2.29. The van der Waals surface area contributed by atoms with E-state index in [0.29, 0.717) is 12.1 Å². The summed E-state index contributed by atoms with van der Waals surface area (Å²) >= 11 is 6.81. The van der Waals surface area contributed by atoms with E-state index in [9.17, 15) is 4.79 Å². The molecule has 2 N–H and O–H groups in total. The summed E-state index contributed by atoms with van der Waals surface area (Å²) in [7, 11) is 0. The molecule has 5 heteroatoms. The van der Waals surface area contributed by atoms with Gasteiger partial charge < -0.3 is 10.6 Å². The number of rotatable bonds is 2. The van der Waals surface area contributed by atoms with Crippen LogP contribution >= 0.6 is 31.9 Å². The Labute approximate surface area is 118 Å². The number of hydrogen-bond acceptors (Lipinski definition) is 2. The number of benzene rings is 1. The van der Waals surface area contributed by atoms with E-state index in [-0.39, 0.29) is 11.9 Å². The summed E-state index contributed by atoms with van der Waals surface area (Å²) in [5.74, 6) is 0.0612. The number of halogens is 2. The van der Waals surface area contributed by atoms with Crippen LogP contribution in [0.15, 0.2) is 27.1 Å². The van der Waals surface area contributed by atoms with Gasteiger partial charge in [0.2, 0.25) is 0 Å². The molecule has 1 saturated heterocycles. The third kappa shape index (κ3) is 2.72. The number of nitrogens with two attached hydrogens (primary N) is 1. The van der Waals surface area contributed by atoms with E-state index >= 15 is 0 Å². The monoisotopic (exact) mass is 360 g/mol. The highest BCUT2D eigenvalue weighted by atomic mass is 79.9. The average Bonchev–Trinajstić information content (AvgIpc) is 2.79. The summed E-state index contributed by atoms with van der Waals surface area (Å²) in [5, 5.41) is 0. The zero-order chi connectivity index (χ0) is 12.4. The molecule has 0 aliphatic carbocycles. The van der Waals surface area contributed by atoms with Crippen molar-refractivity contribution in [2.45, 2.75) is 18.9 Å². The molecule has 2 rings (SSSR count). The highest BCUT2D eigenvalue weighted by molar-refractivity contribution is 9.11. The van der Waals surface area contributed by atoms with Crippen molar-refractivity contribution < 1.29 is 4.79 Å². The summed E-state index contributed by atoms with van der Waals surface area (Å²) in [6.07, 6.45) is 2.05. The van der Waals surface area contributed by atoms with Crippen LogP contribution in [0.5, 0.6) is 0 Å². The van der Waals surface area contributed by atoms with Crippen LogP contribution in [0.2, 0.25) is 0 Å². The molecule has 1 aliphatic heterocycles. The van der Waals surface area contributed by atoms with E-state index in [1.165, 1.54) is 0 Å². The van der Waals surface area contributed by atoms with Gasteiger partial charge in [-0.1, -0.05) is 15.9 Å². The van der Waals surface area contributed by atoms with E-state index < -0.39 is 0 Å². The van der Waals surface area contributed by atoms with E-state index in [1.54, 1.807) is 0 Å². The highest BCUT2D eigenvalue weighted by Crippen LogP contribution is 2.26. The third-order valence-corrected chi connectivity index (χ3v) is 4.25. The molecule has 17 heavy (non-hydrogen) atoms. The van der Waals surface area contributed by atoms with Crippen molar-refractivity contribution in [1.82, 2.24) is 4.90 Å². The Kier molecular flexibility index (Phi) is 4.22. The molecule has 0 spiro atoms. The molecule has 92 valence electrons. The van der Waals surface area contributed by atoms with E-state index in [4.69, 9.17) is 5.73 Å². The van der Waals surface area contributed by atoms with Gasteiger partial charge in [0.15, 0.2) is 0 Å². The van der Waals surface area contributed by atoms with Crippen molar-refractivity contribution in [3.63, 3.8) is 0 Å². The second-order valence-electron chi connectivity index (χ2n) is 4.15. The van der Waals surface area contributed by atoms with Crippen molar-refractivity contribution in [3.05, 3.63) is 32.7 Å². The minimum Gasteiger partial charge on any atom is -0.334 e. The van der Waals surface area contributed by atoms with Crippen LogP contribution < -0.4 is 5.73 Å². The lowest BCUT2D eigenvalue weighted by Gasteiger charge is -2.24. The van der Waals surface area contributed by atoms with Crippen molar-refractivity contribution in [2.24, 2.45) is 5.73 Å². The van der Waals surface area contributed by atoms with Crippen LogP contribution in [0.4, 0.5) is 0 Å². The maximum absolute atomic E-state index is 12.4. The molecule has 1 aromatic carbocycles. The van der Waals surface area contributed by atoms with Crippen molar-refractivity contribution >= 4 is 37.8 Å². The molecular weight excluding hydrogens is 348 g/mol. The predicted molar refractivity (Wildman–Crippen MR) is 75.0 cm³/mol. The molecule has 1 atom stereocenters. The van der Waals surface area contributed by atoms with E-state index in [1.807, 2.05) is 23.1 Å². The van der Waals surface area contributed by atoms with Gasteiger partial charge in [-0.05, 0) is 47.0 Å². The molecule has 1 heterocycles. The van der Waals surface area contributed by atoms with Gasteiger partial charge in [-0.2, -0.15) is 0 Å². The Morgan fingerprint density at radius 2 is 2.24 bits per heavy atom. The number of hydrogen-bond donors (Lipinski definition) is 1. The van der Waals surface area contributed by atoms with Crippen LogP contribution in [0, 0.1) is 0 Å². The van der Waals surface area contributed by atoms with Crippen LogP contribution in [-0.2, 0) is 0 Å². The van der Waals surface area contributed by atoms with Crippen molar-refractivity contribution in [3.8, 4) is 0 Å². The van der Waals surface area contributed by atoms with Crippen LogP contribution in [0.1, 0.15) is 23.2 Å². The predicted octanol–water partition coefficient (Wildman–Crippen LogP) is 2.77. The smallest absolute Gasteiger partial charge is 0.255 e. The molecule has 1 aromatic rings. The molecule has 0 saturated carbocycles. The lowest BCUT2D eigenvalue weighted by Crippen LogP contribution is -2.40. The second kappa shape index (κ2) is 5.50. The minimum atomic E-state index is 0.0612. The van der Waals surface area contributed by atoms with Crippen molar-refractivity contribution in [1.29, 1.82) is 0 Å². The molecule has 1 amide bonds. The van der Waals surface area contributed by atoms with Crippen LogP contribution in [-0.4, -0.2) is 29.9 Å². The minimum absolute atomic E-state index is 0.0612. The summed E-state index contributed by atoms with van der Waals surface area (Å²) in [5.41, 5.74) is 6.39. The standard InChI is InChI=1S/C12H14Br2N2O/c13-8-3-4-11(14)10(6-8)12(17)16-5-1-2-9(16)7-15/h3-4,6,9H,1-2,5,7,15H2. The fraction of sp³-hybridized carbons (Fsp3) is 0.417. The maximum Gasteiger partial charge on any atom is 0.255 e. The number of nitrogens with zero attached hydrogens (tertiary/aromatic N) is 1. The number of carbonyl (C=O) groups is 1. The molecular formula is C12H14Br2N2O. The molecule has 0 bridgehead atoms. The molecule has 0 radical (unpaired) electrons. The first kappa shape index (κ1) is 13.1. The Balaban J connectivity index is 2.27. The van der Waals surface area contributed by atoms with Gasteiger partial charge in [0, 0.05) is 28.1 Å². The summed E-state index contributed by atoms with van der Waals surface area (Å²) < 4.78 is 1.74. The van der Waals surface area contributed by atoms with Crippen LogP contribution in [0.3, 0.4) is 0 Å². The van der Waals surface area contributed by atoms with Gasteiger partial charge in [0.1, 0.15) is 0 Å². The molecule has 1 unspecified atom stereocenters. The number of amides is 1. The summed E-state index contributed by atoms with van der Waals surface area (Å²) in [6.45, 7) is 1.34. The Morgan fingerprint density at radius 1 is 1.47 bits per heavy atom. The van der Waals surface area contributed by atoms with E-state index in [2.05, 4.69) is 31.9 Å². The summed E-state index contributed by atoms with van der Waals surface area (Å²) in [4.78, 5) is 14.3. The first-order chi connectivity index (χ1) is 8.13. The van der Waals surface area contributed by atoms with Crippen LogP contribution in [0.25, 0.3) is 0 Å². The van der Waals surface area contributed by atoms with E-state index in [0.717, 1.165) is 28.3 Å². The Bertz CT molecular complexity index is 437. The van der Waals surface area contributed by atoms with Gasteiger partial charge in [-0.15, -0.1) is 0 Å². The molecule has 1 aliphatic rings. The number of likely N-dealkylation sites (tertiary alicyclic amines) is 1. The zero-order valence-corrected chi connectivity index (χ0v) is 12.5. The first-order valence-electron chi connectivity index (χ1n) is 5.59. The van der Waals surface area contributed by atoms with Gasteiger partial charge in [-0.25, -0.2) is 0 Å². The lowest BCUT2D eigenvalue weighted by atomic mass is 10.1. The Hall–Kier alpha value is -0.390. The quantitative estimate of drug-likeness (QED) is 0.880. The molecule has 3 nitrogen and oxygen atoms in total. The Morgan fingerprint density at radius 3 is 2.94 bits per heavy atom. The van der Waals surface area contributed by atoms with Gasteiger partial charge in [0.05, 0.1) is 5.56 Å². The fourth-order valence-electron chi connectivity index (χ4n) is 2.16. The fourth-order valence-corrected chi connectivity index (χ4v) is 2.94. The molecule has 0 aromatic heterocycles.